The van der Waals surface area contributed by atoms with E-state index in [0.717, 1.165) is 69.8 Å². The number of rotatable bonds is 12. The maximum atomic E-state index is 14.4. The Labute approximate surface area is 301 Å². The van der Waals surface area contributed by atoms with E-state index in [1.807, 2.05) is 13.1 Å². The second-order valence-electron chi connectivity index (χ2n) is 14.7. The van der Waals surface area contributed by atoms with E-state index in [4.69, 9.17) is 5.10 Å². The van der Waals surface area contributed by atoms with E-state index in [-0.39, 0.29) is 55.0 Å². The highest BCUT2D eigenvalue weighted by atomic mass is 35.5. The van der Waals surface area contributed by atoms with Crippen molar-refractivity contribution in [2.75, 3.05) is 26.7 Å². The summed E-state index contributed by atoms with van der Waals surface area (Å²) in [6.45, 7) is 10.4. The molecule has 2 aliphatic carbocycles. The zero-order valence-corrected chi connectivity index (χ0v) is 31.4. The Morgan fingerprint density at radius 1 is 1.02 bits per heavy atom. The monoisotopic (exact) mass is 716 g/mol. The first-order valence-electron chi connectivity index (χ1n) is 17.7. The summed E-state index contributed by atoms with van der Waals surface area (Å²) in [6.07, 6.45) is 14.1. The summed E-state index contributed by atoms with van der Waals surface area (Å²) in [4.78, 5) is 17.0. The van der Waals surface area contributed by atoms with Crippen LogP contribution >= 0.6 is 37.2 Å². The van der Waals surface area contributed by atoms with Crippen molar-refractivity contribution in [3.05, 3.63) is 53.1 Å². The van der Waals surface area contributed by atoms with Gasteiger partial charge in [-0.05, 0) is 113 Å². The summed E-state index contributed by atoms with van der Waals surface area (Å²) in [5, 5.41) is 15.1. The first-order chi connectivity index (χ1) is 21.2. The van der Waals surface area contributed by atoms with Gasteiger partial charge in [0.25, 0.3) is 0 Å². The van der Waals surface area contributed by atoms with Crippen molar-refractivity contribution in [1.29, 1.82) is 0 Å². The summed E-state index contributed by atoms with van der Waals surface area (Å²) in [7, 11) is 1.99. The molecule has 2 aromatic rings. The highest BCUT2D eigenvalue weighted by Gasteiger charge is 2.41. The van der Waals surface area contributed by atoms with Crippen LogP contribution in [-0.2, 0) is 17.8 Å². The molecule has 3 aliphatic rings. The zero-order valence-electron chi connectivity index (χ0n) is 29.0. The van der Waals surface area contributed by atoms with Gasteiger partial charge < -0.3 is 10.0 Å². The van der Waals surface area contributed by atoms with Crippen molar-refractivity contribution >= 4 is 43.2 Å². The first kappa shape index (κ1) is 41.8. The molecular formula is C37H60Cl3FN4O2. The van der Waals surface area contributed by atoms with Gasteiger partial charge in [-0.15, -0.1) is 37.2 Å². The van der Waals surface area contributed by atoms with Crippen LogP contribution in [0.5, 0.6) is 0 Å². The Hall–Kier alpha value is -1.38. The molecule has 1 aliphatic heterocycles. The number of piperidine rings is 1. The van der Waals surface area contributed by atoms with Crippen molar-refractivity contribution < 1.29 is 14.3 Å². The summed E-state index contributed by atoms with van der Waals surface area (Å²) in [6, 6.07) is 9.24. The van der Waals surface area contributed by atoms with Crippen molar-refractivity contribution in [1.82, 2.24) is 19.6 Å². The Bertz CT molecular complexity index is 1210. The normalized spacial score (nSPS) is 23.5. The number of likely N-dealkylation sites (tertiary alicyclic amines) is 1. The third-order valence-corrected chi connectivity index (χ3v) is 11.1. The highest BCUT2D eigenvalue weighted by molar-refractivity contribution is 5.86. The minimum absolute atomic E-state index is 0. The molecule has 1 saturated heterocycles. The lowest BCUT2D eigenvalue weighted by Gasteiger charge is -2.35. The summed E-state index contributed by atoms with van der Waals surface area (Å²) in [5.41, 5.74) is 3.79. The molecule has 2 saturated carbocycles. The fraction of sp³-hybridized carbons (Fsp3) is 0.730. The minimum Gasteiger partial charge on any atom is -0.480 e. The number of hydrogen-bond donors (Lipinski definition) is 1. The molecule has 1 N–H and O–H groups in total. The Balaban J connectivity index is 0.00000256. The topological polar surface area (TPSA) is 61.6 Å². The third-order valence-electron chi connectivity index (χ3n) is 11.1. The van der Waals surface area contributed by atoms with Crippen molar-refractivity contribution in [2.45, 2.75) is 128 Å². The van der Waals surface area contributed by atoms with Crippen LogP contribution in [0.25, 0.3) is 0 Å². The first-order valence-corrected chi connectivity index (χ1v) is 17.7. The van der Waals surface area contributed by atoms with Crippen LogP contribution in [0.3, 0.4) is 0 Å². The van der Waals surface area contributed by atoms with Crippen LogP contribution < -0.4 is 0 Å². The lowest BCUT2D eigenvalue weighted by molar-refractivity contribution is -0.144. The number of carboxylic acids is 1. The van der Waals surface area contributed by atoms with E-state index in [1.54, 1.807) is 6.07 Å². The van der Waals surface area contributed by atoms with Gasteiger partial charge in [0.15, 0.2) is 0 Å². The molecule has 0 bridgehead atoms. The smallest absolute Gasteiger partial charge is 0.320 e. The van der Waals surface area contributed by atoms with Gasteiger partial charge in [0.1, 0.15) is 11.9 Å². The fourth-order valence-corrected chi connectivity index (χ4v) is 8.69. The Morgan fingerprint density at radius 3 is 2.30 bits per heavy atom. The molecule has 10 heteroatoms. The quantitative estimate of drug-likeness (QED) is 0.222. The summed E-state index contributed by atoms with van der Waals surface area (Å²) in [5.74, 6) is 1.34. The molecule has 1 aromatic heterocycles. The highest BCUT2D eigenvalue weighted by Crippen LogP contribution is 2.43. The summed E-state index contributed by atoms with van der Waals surface area (Å²) >= 11 is 0. The SMILES string of the molecule is CCn1nc(CC2CCCCCC2)cc1C1CCN(CC2CC(N(C)[C@H](CC(C)C)C(=O)O)CC2c2cccc(F)c2)CC1.Cl.Cl.Cl. The molecular weight excluding hydrogens is 658 g/mol. The number of likely N-dealkylation sites (N-methyl/N-ethyl adjacent to an activating group) is 1. The molecule has 3 fully saturated rings. The van der Waals surface area contributed by atoms with Crippen LogP contribution in [0.1, 0.15) is 120 Å². The second-order valence-corrected chi connectivity index (χ2v) is 14.7. The molecule has 47 heavy (non-hydrogen) atoms. The lowest BCUT2D eigenvalue weighted by atomic mass is 9.87. The number of aliphatic carboxylic acids is 1. The number of carboxylic acid groups (broad SMARTS) is 1. The van der Waals surface area contributed by atoms with Crippen LogP contribution in [0.4, 0.5) is 4.39 Å². The largest absolute Gasteiger partial charge is 0.480 e. The van der Waals surface area contributed by atoms with E-state index < -0.39 is 12.0 Å². The van der Waals surface area contributed by atoms with Crippen molar-refractivity contribution in [3.8, 4) is 0 Å². The van der Waals surface area contributed by atoms with Gasteiger partial charge in [-0.1, -0.05) is 64.5 Å². The maximum absolute atomic E-state index is 14.4. The second kappa shape index (κ2) is 19.7. The average Bonchev–Trinajstić information content (AvgIpc) is 3.52. The van der Waals surface area contributed by atoms with Crippen LogP contribution in [0.2, 0.25) is 0 Å². The Morgan fingerprint density at radius 2 is 1.70 bits per heavy atom. The lowest BCUT2D eigenvalue weighted by Crippen LogP contribution is -2.45. The fourth-order valence-electron chi connectivity index (χ4n) is 8.69. The minimum atomic E-state index is -0.738. The number of aryl methyl sites for hydroxylation is 1. The van der Waals surface area contributed by atoms with Crippen molar-refractivity contribution in [3.63, 3.8) is 0 Å². The van der Waals surface area contributed by atoms with Crippen LogP contribution in [0, 0.1) is 23.6 Å². The molecule has 3 unspecified atom stereocenters. The van der Waals surface area contributed by atoms with E-state index >= 15 is 0 Å². The predicted molar refractivity (Wildman–Crippen MR) is 197 cm³/mol. The number of benzene rings is 1. The standard InChI is InChI=1S/C37H57FN4O2.3ClH/c1-5-42-35(23-32(39-42)20-27-11-8-6-7-9-12-27)28-15-17-41(18-16-28)25-30-22-33(40(4)36(37(43)44)19-26(2)3)24-34(30)29-13-10-14-31(38)21-29;;;/h10,13-14,21,23,26-28,30,33-34,36H,5-9,11-12,15-20,22,24-25H2,1-4H3,(H,43,44);3*1H/t30?,33?,34?,36-;;;/m1.../s1. The number of hydrogen-bond acceptors (Lipinski definition) is 4. The van der Waals surface area contributed by atoms with E-state index in [0.29, 0.717) is 24.2 Å². The number of halogens is 4. The van der Waals surface area contributed by atoms with Gasteiger partial charge in [0.2, 0.25) is 0 Å². The van der Waals surface area contributed by atoms with Gasteiger partial charge in [-0.2, -0.15) is 5.10 Å². The van der Waals surface area contributed by atoms with Gasteiger partial charge in [-0.3, -0.25) is 14.4 Å². The van der Waals surface area contributed by atoms with Crippen LogP contribution in [-0.4, -0.2) is 69.4 Å². The van der Waals surface area contributed by atoms with Crippen LogP contribution in [0.15, 0.2) is 30.3 Å². The van der Waals surface area contributed by atoms with E-state index in [2.05, 4.69) is 47.4 Å². The number of aromatic nitrogens is 2. The molecule has 268 valence electrons. The predicted octanol–water partition coefficient (Wildman–Crippen LogP) is 8.99. The van der Waals surface area contributed by atoms with Gasteiger partial charge in [0.05, 0.1) is 5.69 Å². The van der Waals surface area contributed by atoms with E-state index in [1.165, 1.54) is 56.0 Å². The number of carbonyl (C=O) groups is 1. The molecule has 5 rings (SSSR count). The number of nitrogens with zero attached hydrogens (tertiary/aromatic N) is 4. The zero-order chi connectivity index (χ0) is 31.2. The van der Waals surface area contributed by atoms with E-state index in [9.17, 15) is 14.3 Å². The average molecular weight is 718 g/mol. The molecule has 6 nitrogen and oxygen atoms in total. The molecule has 2 heterocycles. The van der Waals surface area contributed by atoms with Gasteiger partial charge in [0, 0.05) is 30.7 Å². The van der Waals surface area contributed by atoms with Crippen molar-refractivity contribution in [2.24, 2.45) is 17.8 Å². The molecule has 0 spiro atoms. The Kier molecular flexibility index (Phi) is 17.5. The molecule has 0 amide bonds. The molecule has 1 aromatic carbocycles. The van der Waals surface area contributed by atoms with Gasteiger partial charge in [-0.25, -0.2) is 4.39 Å². The van der Waals surface area contributed by atoms with Gasteiger partial charge >= 0.3 is 5.97 Å². The molecule has 4 atom stereocenters. The molecule has 0 radical (unpaired) electrons. The maximum Gasteiger partial charge on any atom is 0.320 e. The third kappa shape index (κ3) is 11.1. The summed E-state index contributed by atoms with van der Waals surface area (Å²) < 4.78 is 16.6.